The summed E-state index contributed by atoms with van der Waals surface area (Å²) in [6.45, 7) is 6.70. The molecule has 0 aromatic heterocycles. The van der Waals surface area contributed by atoms with Crippen LogP contribution in [0.3, 0.4) is 0 Å². The molecule has 112 valence electrons. The first kappa shape index (κ1) is 15.4. The molecule has 1 saturated heterocycles. The number of nitrogens with zero attached hydrogens (tertiary/aromatic N) is 1. The maximum absolute atomic E-state index is 12.0. The molecule has 1 aliphatic rings. The zero-order valence-corrected chi connectivity index (χ0v) is 12.7. The van der Waals surface area contributed by atoms with E-state index in [0.29, 0.717) is 13.1 Å². The maximum Gasteiger partial charge on any atom is 0.213 e. The van der Waals surface area contributed by atoms with Crippen molar-refractivity contribution in [1.82, 2.24) is 14.9 Å². The fourth-order valence-electron chi connectivity index (χ4n) is 2.27. The molecule has 2 N–H and O–H groups in total. The first-order valence-corrected chi connectivity index (χ1v) is 8.66. The van der Waals surface area contributed by atoms with Gasteiger partial charge in [0.05, 0.1) is 5.75 Å². The van der Waals surface area contributed by atoms with Crippen LogP contribution in [0, 0.1) is 6.92 Å². The van der Waals surface area contributed by atoms with Crippen LogP contribution in [0.15, 0.2) is 24.3 Å². The first-order valence-electron chi connectivity index (χ1n) is 7.01. The quantitative estimate of drug-likeness (QED) is 0.794. The van der Waals surface area contributed by atoms with Gasteiger partial charge in [0.1, 0.15) is 0 Å². The van der Waals surface area contributed by atoms with Gasteiger partial charge in [0.15, 0.2) is 0 Å². The summed E-state index contributed by atoms with van der Waals surface area (Å²) < 4.78 is 26.6. The minimum absolute atomic E-state index is 0.165. The number of hydrogen-bond acceptors (Lipinski definition) is 4. The minimum Gasteiger partial charge on any atom is -0.314 e. The molecule has 0 spiro atoms. The molecule has 1 aromatic rings. The van der Waals surface area contributed by atoms with Gasteiger partial charge < -0.3 is 5.32 Å². The molecule has 1 fully saturated rings. The van der Waals surface area contributed by atoms with E-state index in [1.54, 1.807) is 0 Å². The second-order valence-corrected chi connectivity index (χ2v) is 7.15. The smallest absolute Gasteiger partial charge is 0.213 e. The highest BCUT2D eigenvalue weighted by Gasteiger charge is 2.15. The number of rotatable bonds is 6. The molecule has 0 radical (unpaired) electrons. The van der Waals surface area contributed by atoms with Gasteiger partial charge in [0, 0.05) is 39.3 Å². The molecule has 5 nitrogen and oxygen atoms in total. The van der Waals surface area contributed by atoms with E-state index >= 15 is 0 Å². The Labute approximate surface area is 121 Å². The molecule has 1 aliphatic heterocycles. The summed E-state index contributed by atoms with van der Waals surface area (Å²) in [5, 5.41) is 3.26. The van der Waals surface area contributed by atoms with Crippen LogP contribution in [0.5, 0.6) is 0 Å². The van der Waals surface area contributed by atoms with Gasteiger partial charge in [0.2, 0.25) is 10.0 Å². The molecule has 0 saturated carbocycles. The average Bonchev–Trinajstić information content (AvgIpc) is 2.45. The van der Waals surface area contributed by atoms with Gasteiger partial charge >= 0.3 is 0 Å². The highest BCUT2D eigenvalue weighted by atomic mass is 32.2. The van der Waals surface area contributed by atoms with Gasteiger partial charge in [-0.3, -0.25) is 4.90 Å². The van der Waals surface area contributed by atoms with Gasteiger partial charge in [-0.15, -0.1) is 0 Å². The van der Waals surface area contributed by atoms with Crippen LogP contribution in [0.4, 0.5) is 0 Å². The Bertz CT molecular complexity index is 525. The van der Waals surface area contributed by atoms with E-state index in [2.05, 4.69) is 14.9 Å². The normalized spacial score (nSPS) is 17.2. The van der Waals surface area contributed by atoms with Gasteiger partial charge in [0.25, 0.3) is 0 Å². The Hall–Kier alpha value is -0.950. The molecular weight excluding hydrogens is 274 g/mol. The molecule has 1 heterocycles. The number of sulfonamides is 1. The lowest BCUT2D eigenvalue weighted by Gasteiger charge is -2.26. The van der Waals surface area contributed by atoms with Gasteiger partial charge in [-0.2, -0.15) is 0 Å². The zero-order valence-electron chi connectivity index (χ0n) is 11.9. The van der Waals surface area contributed by atoms with Crippen LogP contribution >= 0.6 is 0 Å². The minimum atomic E-state index is -3.20. The number of nitrogens with one attached hydrogen (secondary N) is 2. The van der Waals surface area contributed by atoms with Crippen molar-refractivity contribution in [3.8, 4) is 0 Å². The van der Waals surface area contributed by atoms with Crippen LogP contribution in [-0.4, -0.2) is 51.8 Å². The molecular formula is C14H23N3O2S. The van der Waals surface area contributed by atoms with Crippen molar-refractivity contribution in [2.45, 2.75) is 13.5 Å². The third kappa shape index (κ3) is 5.20. The van der Waals surface area contributed by atoms with Crippen LogP contribution in [0.1, 0.15) is 11.1 Å². The lowest BCUT2D eigenvalue weighted by atomic mass is 10.1. The van der Waals surface area contributed by atoms with E-state index in [1.165, 1.54) is 0 Å². The monoisotopic (exact) mass is 297 g/mol. The van der Waals surface area contributed by atoms with Crippen molar-refractivity contribution in [2.24, 2.45) is 0 Å². The SMILES string of the molecule is Cc1cccc(CNS(=O)(=O)CCN2CCNCC2)c1. The predicted molar refractivity (Wildman–Crippen MR) is 81.1 cm³/mol. The Morgan fingerprint density at radius 1 is 1.30 bits per heavy atom. The van der Waals surface area contributed by atoms with E-state index in [1.807, 2.05) is 31.2 Å². The number of benzene rings is 1. The Balaban J connectivity index is 1.78. The Kier molecular flexibility index (Phi) is 5.54. The van der Waals surface area contributed by atoms with E-state index < -0.39 is 10.0 Å². The van der Waals surface area contributed by atoms with Crippen LogP contribution in [0.2, 0.25) is 0 Å². The van der Waals surface area contributed by atoms with E-state index in [-0.39, 0.29) is 5.75 Å². The Morgan fingerprint density at radius 2 is 2.05 bits per heavy atom. The highest BCUT2D eigenvalue weighted by molar-refractivity contribution is 7.89. The van der Waals surface area contributed by atoms with Crippen LogP contribution in [-0.2, 0) is 16.6 Å². The van der Waals surface area contributed by atoms with Gasteiger partial charge in [-0.05, 0) is 12.5 Å². The zero-order chi connectivity index (χ0) is 14.4. The standard InChI is InChI=1S/C14H23N3O2S/c1-13-3-2-4-14(11-13)12-16-20(18,19)10-9-17-7-5-15-6-8-17/h2-4,11,15-16H,5-10,12H2,1H3. The van der Waals surface area contributed by atoms with Crippen molar-refractivity contribution < 1.29 is 8.42 Å². The summed E-state index contributed by atoms with van der Waals surface area (Å²) in [6, 6.07) is 7.88. The summed E-state index contributed by atoms with van der Waals surface area (Å²) in [5.74, 6) is 0.165. The maximum atomic E-state index is 12.0. The molecule has 2 rings (SSSR count). The fourth-order valence-corrected chi connectivity index (χ4v) is 3.30. The summed E-state index contributed by atoms with van der Waals surface area (Å²) in [7, 11) is -3.20. The van der Waals surface area contributed by atoms with Crippen molar-refractivity contribution in [3.63, 3.8) is 0 Å². The molecule has 6 heteroatoms. The third-order valence-corrected chi connectivity index (χ3v) is 4.77. The summed E-state index contributed by atoms with van der Waals surface area (Å²) in [5.41, 5.74) is 2.14. The molecule has 1 aromatic carbocycles. The Morgan fingerprint density at radius 3 is 2.75 bits per heavy atom. The van der Waals surface area contributed by atoms with Gasteiger partial charge in [-0.1, -0.05) is 29.8 Å². The summed E-state index contributed by atoms with van der Waals surface area (Å²) in [6.07, 6.45) is 0. The van der Waals surface area contributed by atoms with E-state index in [0.717, 1.165) is 37.3 Å². The van der Waals surface area contributed by atoms with E-state index in [9.17, 15) is 8.42 Å². The summed E-state index contributed by atoms with van der Waals surface area (Å²) >= 11 is 0. The van der Waals surface area contributed by atoms with E-state index in [4.69, 9.17) is 0 Å². The molecule has 0 unspecified atom stereocenters. The summed E-state index contributed by atoms with van der Waals surface area (Å²) in [4.78, 5) is 2.18. The first-order chi connectivity index (χ1) is 9.55. The molecule has 0 bridgehead atoms. The molecule has 0 atom stereocenters. The number of hydrogen-bond donors (Lipinski definition) is 2. The topological polar surface area (TPSA) is 61.4 Å². The second-order valence-electron chi connectivity index (χ2n) is 5.22. The van der Waals surface area contributed by atoms with Crippen LogP contribution < -0.4 is 10.0 Å². The molecule has 0 amide bonds. The predicted octanol–water partition coefficient (Wildman–Crippen LogP) is 0.320. The largest absolute Gasteiger partial charge is 0.314 e. The average molecular weight is 297 g/mol. The van der Waals surface area contributed by atoms with Crippen LogP contribution in [0.25, 0.3) is 0 Å². The van der Waals surface area contributed by atoms with Crippen molar-refractivity contribution in [1.29, 1.82) is 0 Å². The lowest BCUT2D eigenvalue weighted by Crippen LogP contribution is -2.45. The second kappa shape index (κ2) is 7.17. The fraction of sp³-hybridized carbons (Fsp3) is 0.571. The molecule has 20 heavy (non-hydrogen) atoms. The molecule has 0 aliphatic carbocycles. The highest BCUT2D eigenvalue weighted by Crippen LogP contribution is 2.04. The van der Waals surface area contributed by atoms with Crippen molar-refractivity contribution >= 4 is 10.0 Å². The number of piperazine rings is 1. The van der Waals surface area contributed by atoms with Crippen molar-refractivity contribution in [3.05, 3.63) is 35.4 Å². The van der Waals surface area contributed by atoms with Crippen molar-refractivity contribution in [2.75, 3.05) is 38.5 Å². The number of aryl methyl sites for hydroxylation is 1. The lowest BCUT2D eigenvalue weighted by molar-refractivity contribution is 0.253. The van der Waals surface area contributed by atoms with Gasteiger partial charge in [-0.25, -0.2) is 13.1 Å². The third-order valence-electron chi connectivity index (χ3n) is 3.46.